The maximum atomic E-state index is 12.6. The first-order valence-corrected chi connectivity index (χ1v) is 10.5. The van der Waals surface area contributed by atoms with Crippen molar-refractivity contribution in [3.63, 3.8) is 0 Å². The molecule has 9 heteroatoms. The molecule has 3 aromatic rings. The number of hydrogen-bond donors (Lipinski definition) is 1. The molecule has 1 aliphatic heterocycles. The maximum absolute atomic E-state index is 12.6. The minimum absolute atomic E-state index is 0.150. The van der Waals surface area contributed by atoms with Gasteiger partial charge >= 0.3 is 6.03 Å². The highest BCUT2D eigenvalue weighted by Gasteiger charge is 2.27. The molecule has 9 nitrogen and oxygen atoms in total. The van der Waals surface area contributed by atoms with Gasteiger partial charge in [0.2, 0.25) is 11.7 Å². The average molecular weight is 421 g/mol. The van der Waals surface area contributed by atoms with E-state index in [1.54, 1.807) is 21.9 Å². The molecular weight excluding hydrogens is 398 g/mol. The summed E-state index contributed by atoms with van der Waals surface area (Å²) in [7, 11) is 0. The van der Waals surface area contributed by atoms with Crippen LogP contribution >= 0.6 is 0 Å². The molecule has 1 N–H and O–H groups in total. The van der Waals surface area contributed by atoms with Crippen molar-refractivity contribution in [1.82, 2.24) is 19.9 Å². The Bertz CT molecular complexity index is 1050. The molecule has 0 spiro atoms. The van der Waals surface area contributed by atoms with E-state index in [2.05, 4.69) is 15.5 Å². The van der Waals surface area contributed by atoms with Crippen molar-refractivity contribution in [2.24, 2.45) is 0 Å². The van der Waals surface area contributed by atoms with Crippen LogP contribution in [0, 0.1) is 0 Å². The van der Waals surface area contributed by atoms with E-state index in [0.717, 1.165) is 18.4 Å². The van der Waals surface area contributed by atoms with Gasteiger partial charge in [-0.2, -0.15) is 4.98 Å². The highest BCUT2D eigenvalue weighted by atomic mass is 16.5. The third kappa shape index (κ3) is 4.03. The molecule has 31 heavy (non-hydrogen) atoms. The van der Waals surface area contributed by atoms with Crippen molar-refractivity contribution in [2.45, 2.75) is 25.2 Å². The van der Waals surface area contributed by atoms with Crippen molar-refractivity contribution in [2.75, 3.05) is 31.5 Å². The van der Waals surface area contributed by atoms with E-state index >= 15 is 0 Å². The topological polar surface area (TPSA) is 105 Å². The average Bonchev–Trinajstić information content (AvgIpc) is 3.45. The summed E-state index contributed by atoms with van der Waals surface area (Å²) in [5.41, 5.74) is 1.53. The Hall–Kier alpha value is -3.62. The lowest BCUT2D eigenvalue weighted by atomic mass is 9.85. The quantitative estimate of drug-likeness (QED) is 0.690. The van der Waals surface area contributed by atoms with Crippen LogP contribution in [0.5, 0.6) is 0 Å². The summed E-state index contributed by atoms with van der Waals surface area (Å²) in [6.45, 7) is 1.85. The predicted octanol–water partition coefficient (Wildman–Crippen LogP) is 3.59. The molecule has 1 saturated heterocycles. The van der Waals surface area contributed by atoms with Crippen LogP contribution in [-0.4, -0.2) is 58.1 Å². The van der Waals surface area contributed by atoms with Crippen LogP contribution in [0.2, 0.25) is 0 Å². The number of furan rings is 1. The Morgan fingerprint density at radius 1 is 1.00 bits per heavy atom. The second-order valence-electron chi connectivity index (χ2n) is 7.85. The molecule has 1 saturated carbocycles. The van der Waals surface area contributed by atoms with Gasteiger partial charge in [0.1, 0.15) is 0 Å². The van der Waals surface area contributed by atoms with Gasteiger partial charge in [-0.3, -0.25) is 4.79 Å². The van der Waals surface area contributed by atoms with Gasteiger partial charge in [0.05, 0.1) is 6.26 Å². The second kappa shape index (κ2) is 8.25. The monoisotopic (exact) mass is 421 g/mol. The minimum Gasteiger partial charge on any atom is -0.459 e. The third-order valence-corrected chi connectivity index (χ3v) is 5.88. The van der Waals surface area contributed by atoms with Crippen LogP contribution in [0.3, 0.4) is 0 Å². The fraction of sp³-hybridized carbons (Fsp3) is 0.364. The van der Waals surface area contributed by atoms with Gasteiger partial charge in [0.25, 0.3) is 5.91 Å². The second-order valence-corrected chi connectivity index (χ2v) is 7.85. The molecule has 2 aromatic heterocycles. The smallest absolute Gasteiger partial charge is 0.321 e. The van der Waals surface area contributed by atoms with Gasteiger partial charge < -0.3 is 24.1 Å². The lowest BCUT2D eigenvalue weighted by Gasteiger charge is -2.34. The van der Waals surface area contributed by atoms with E-state index in [1.165, 1.54) is 12.7 Å². The number of urea groups is 1. The lowest BCUT2D eigenvalue weighted by molar-refractivity contribution is 0.0640. The maximum Gasteiger partial charge on any atom is 0.321 e. The summed E-state index contributed by atoms with van der Waals surface area (Å²) >= 11 is 0. The minimum atomic E-state index is -0.190. The van der Waals surface area contributed by atoms with E-state index in [1.807, 2.05) is 24.3 Å². The zero-order chi connectivity index (χ0) is 21.2. The number of carbonyl (C=O) groups is 2. The fourth-order valence-corrected chi connectivity index (χ4v) is 3.75. The lowest BCUT2D eigenvalue weighted by Crippen LogP contribution is -2.51. The molecule has 3 heterocycles. The predicted molar refractivity (Wildman–Crippen MR) is 112 cm³/mol. The number of aromatic nitrogens is 2. The number of nitrogens with one attached hydrogen (secondary N) is 1. The highest BCUT2D eigenvalue weighted by molar-refractivity contribution is 5.92. The highest BCUT2D eigenvalue weighted by Crippen LogP contribution is 2.36. The van der Waals surface area contributed by atoms with Gasteiger partial charge in [-0.15, -0.1) is 0 Å². The molecule has 2 fully saturated rings. The third-order valence-electron chi connectivity index (χ3n) is 5.88. The Morgan fingerprint density at radius 2 is 1.74 bits per heavy atom. The number of nitrogens with zero attached hydrogens (tertiary/aromatic N) is 4. The van der Waals surface area contributed by atoms with Crippen molar-refractivity contribution >= 4 is 17.6 Å². The first-order chi connectivity index (χ1) is 15.2. The number of hydrogen-bond acceptors (Lipinski definition) is 6. The zero-order valence-electron chi connectivity index (χ0n) is 17.0. The number of benzene rings is 1. The van der Waals surface area contributed by atoms with Gasteiger partial charge in [0.15, 0.2) is 5.76 Å². The molecule has 1 aromatic carbocycles. The van der Waals surface area contributed by atoms with Crippen molar-refractivity contribution in [3.05, 3.63) is 54.3 Å². The van der Waals surface area contributed by atoms with Crippen molar-refractivity contribution < 1.29 is 18.5 Å². The Morgan fingerprint density at radius 3 is 2.39 bits per heavy atom. The van der Waals surface area contributed by atoms with E-state index < -0.39 is 0 Å². The zero-order valence-corrected chi connectivity index (χ0v) is 17.0. The van der Waals surface area contributed by atoms with Crippen LogP contribution in [-0.2, 0) is 0 Å². The summed E-state index contributed by atoms with van der Waals surface area (Å²) in [5.74, 6) is 1.84. The normalized spacial score (nSPS) is 16.8. The number of anilines is 1. The van der Waals surface area contributed by atoms with Crippen LogP contribution in [0.15, 0.2) is 51.6 Å². The van der Waals surface area contributed by atoms with E-state index in [-0.39, 0.29) is 11.9 Å². The summed E-state index contributed by atoms with van der Waals surface area (Å²) < 4.78 is 10.5. The number of amides is 3. The molecule has 0 radical (unpaired) electrons. The standard InChI is InChI=1S/C22H23N5O4/c28-21(18-5-2-14-30-18)26-10-12-27(13-11-26)22(29)23-17-8-6-15(7-9-17)19-24-20(31-25-19)16-3-1-4-16/h2,5-9,14,16H,1,3-4,10-13H2,(H,23,29). The Labute approximate surface area is 179 Å². The van der Waals surface area contributed by atoms with Crippen LogP contribution in [0.4, 0.5) is 10.5 Å². The van der Waals surface area contributed by atoms with Gasteiger partial charge in [0, 0.05) is 43.3 Å². The number of carbonyl (C=O) groups excluding carboxylic acids is 2. The van der Waals surface area contributed by atoms with Gasteiger partial charge in [-0.25, -0.2) is 4.79 Å². The summed E-state index contributed by atoms with van der Waals surface area (Å²) in [6, 6.07) is 10.5. The van der Waals surface area contributed by atoms with Gasteiger partial charge in [-0.05, 0) is 49.2 Å². The van der Waals surface area contributed by atoms with Gasteiger partial charge in [-0.1, -0.05) is 11.6 Å². The molecule has 0 bridgehead atoms. The Kier molecular flexibility index (Phi) is 5.15. The summed E-state index contributed by atoms with van der Waals surface area (Å²) in [4.78, 5) is 32.8. The van der Waals surface area contributed by atoms with Crippen molar-refractivity contribution in [1.29, 1.82) is 0 Å². The molecule has 1 aliphatic carbocycles. The number of piperazine rings is 1. The first-order valence-electron chi connectivity index (χ1n) is 10.5. The van der Waals surface area contributed by atoms with Crippen LogP contribution in [0.1, 0.15) is 41.6 Å². The summed E-state index contributed by atoms with van der Waals surface area (Å²) in [5, 5.41) is 6.98. The van der Waals surface area contributed by atoms with Crippen LogP contribution in [0.25, 0.3) is 11.4 Å². The largest absolute Gasteiger partial charge is 0.459 e. The number of rotatable bonds is 4. The molecular formula is C22H23N5O4. The summed E-state index contributed by atoms with van der Waals surface area (Å²) in [6.07, 6.45) is 4.91. The molecule has 0 atom stereocenters. The Balaban J connectivity index is 1.15. The molecule has 0 unspecified atom stereocenters. The molecule has 2 aliphatic rings. The van der Waals surface area contributed by atoms with E-state index in [4.69, 9.17) is 8.94 Å². The van der Waals surface area contributed by atoms with Crippen molar-refractivity contribution in [3.8, 4) is 11.4 Å². The molecule has 5 rings (SSSR count). The molecule has 160 valence electrons. The SMILES string of the molecule is O=C(Nc1ccc(-c2noc(C3CCC3)n2)cc1)N1CCN(C(=O)c2ccco2)CC1. The first kappa shape index (κ1) is 19.3. The molecule has 3 amide bonds. The van der Waals surface area contributed by atoms with E-state index in [9.17, 15) is 9.59 Å². The fourth-order valence-electron chi connectivity index (χ4n) is 3.75. The van der Waals surface area contributed by atoms with E-state index in [0.29, 0.717) is 55.3 Å². The van der Waals surface area contributed by atoms with Crippen LogP contribution < -0.4 is 5.32 Å².